The predicted octanol–water partition coefficient (Wildman–Crippen LogP) is 1.95. The first kappa shape index (κ1) is 8.62. The highest BCUT2D eigenvalue weighted by Crippen LogP contribution is 2.34. The average Bonchev–Trinajstić information content (AvgIpc) is 2.79. The maximum absolute atomic E-state index is 9.44. The molecule has 0 aromatic carbocycles. The molecular weight excluding hydrogens is 136 g/mol. The van der Waals surface area contributed by atoms with Gasteiger partial charge in [-0.3, -0.25) is 0 Å². The van der Waals surface area contributed by atoms with Crippen LogP contribution in [0.1, 0.15) is 39.0 Å². The molecular formula is C10H16O. The molecule has 0 saturated heterocycles. The molecule has 1 aliphatic carbocycles. The molecule has 0 amide bonds. The minimum Gasteiger partial charge on any atom is -0.393 e. The monoisotopic (exact) mass is 152 g/mol. The van der Waals surface area contributed by atoms with Crippen LogP contribution in [-0.2, 0) is 0 Å². The topological polar surface area (TPSA) is 20.2 Å². The van der Waals surface area contributed by atoms with Crippen LogP contribution in [0, 0.1) is 17.8 Å². The normalized spacial score (nSPS) is 18.7. The van der Waals surface area contributed by atoms with Gasteiger partial charge in [0.05, 0.1) is 6.10 Å². The van der Waals surface area contributed by atoms with Crippen LogP contribution in [-0.4, -0.2) is 11.2 Å². The highest BCUT2D eigenvalue weighted by molar-refractivity contribution is 4.94. The van der Waals surface area contributed by atoms with E-state index < -0.39 is 0 Å². The molecule has 1 atom stereocenters. The summed E-state index contributed by atoms with van der Waals surface area (Å²) < 4.78 is 0. The minimum absolute atomic E-state index is 0.0337. The van der Waals surface area contributed by atoms with Crippen molar-refractivity contribution >= 4 is 0 Å². The first-order valence-corrected chi connectivity index (χ1v) is 4.42. The van der Waals surface area contributed by atoms with E-state index >= 15 is 0 Å². The molecule has 1 rings (SSSR count). The maximum atomic E-state index is 9.44. The van der Waals surface area contributed by atoms with E-state index in [-0.39, 0.29) is 6.10 Å². The Kier molecular flexibility index (Phi) is 3.45. The Morgan fingerprint density at radius 2 is 2.27 bits per heavy atom. The number of rotatable bonds is 4. The zero-order valence-electron chi connectivity index (χ0n) is 7.14. The first-order valence-electron chi connectivity index (χ1n) is 4.42. The molecule has 1 saturated carbocycles. The Morgan fingerprint density at radius 1 is 1.55 bits per heavy atom. The van der Waals surface area contributed by atoms with E-state index in [1.165, 1.54) is 12.8 Å². The quantitative estimate of drug-likeness (QED) is 0.482. The van der Waals surface area contributed by atoms with Crippen LogP contribution < -0.4 is 0 Å². The fourth-order valence-corrected chi connectivity index (χ4v) is 1.24. The number of hydrogen-bond donors (Lipinski definition) is 1. The average molecular weight is 152 g/mol. The van der Waals surface area contributed by atoms with Gasteiger partial charge in [0, 0.05) is 6.42 Å². The van der Waals surface area contributed by atoms with E-state index in [1.54, 1.807) is 0 Å². The molecule has 0 bridgehead atoms. The summed E-state index contributed by atoms with van der Waals surface area (Å²) in [6.45, 7) is 1.86. The van der Waals surface area contributed by atoms with Crippen molar-refractivity contribution in [1.29, 1.82) is 0 Å². The van der Waals surface area contributed by atoms with Gasteiger partial charge in [-0.1, -0.05) is 0 Å². The van der Waals surface area contributed by atoms with Crippen molar-refractivity contribution in [1.82, 2.24) is 0 Å². The molecule has 1 N–H and O–H groups in total. The number of hydrogen-bond acceptors (Lipinski definition) is 1. The van der Waals surface area contributed by atoms with Gasteiger partial charge in [-0.15, -0.1) is 11.8 Å². The zero-order chi connectivity index (χ0) is 8.10. The van der Waals surface area contributed by atoms with E-state index in [9.17, 15) is 5.11 Å². The van der Waals surface area contributed by atoms with Crippen molar-refractivity contribution in [3.8, 4) is 11.8 Å². The minimum atomic E-state index is -0.0337. The fourth-order valence-electron chi connectivity index (χ4n) is 1.24. The van der Waals surface area contributed by atoms with Crippen molar-refractivity contribution in [3.05, 3.63) is 0 Å². The summed E-state index contributed by atoms with van der Waals surface area (Å²) in [6, 6.07) is 0. The summed E-state index contributed by atoms with van der Waals surface area (Å²) in [4.78, 5) is 0. The lowest BCUT2D eigenvalue weighted by Crippen LogP contribution is -2.07. The van der Waals surface area contributed by atoms with Crippen molar-refractivity contribution < 1.29 is 5.11 Å². The maximum Gasteiger partial charge on any atom is 0.0568 e. The van der Waals surface area contributed by atoms with E-state index in [1.807, 2.05) is 6.92 Å². The number of unbranched alkanes of at least 4 members (excludes halogenated alkanes) is 1. The van der Waals surface area contributed by atoms with Crippen LogP contribution in [0.5, 0.6) is 0 Å². The molecule has 0 heterocycles. The van der Waals surface area contributed by atoms with Gasteiger partial charge in [-0.05, 0) is 38.5 Å². The molecule has 0 radical (unpaired) electrons. The van der Waals surface area contributed by atoms with Crippen LogP contribution in [0.4, 0.5) is 0 Å². The van der Waals surface area contributed by atoms with E-state index in [4.69, 9.17) is 0 Å². The van der Waals surface area contributed by atoms with E-state index in [0.717, 1.165) is 19.3 Å². The van der Waals surface area contributed by atoms with E-state index in [2.05, 4.69) is 11.8 Å². The standard InChI is InChI=1S/C10H16O/c1-2-3-4-5-6-10(11)9-7-8-9/h9-11H,4-8H2,1H3. The Morgan fingerprint density at radius 3 is 2.82 bits per heavy atom. The number of aliphatic hydroxyl groups is 1. The lowest BCUT2D eigenvalue weighted by molar-refractivity contribution is 0.139. The van der Waals surface area contributed by atoms with Crippen LogP contribution in [0.15, 0.2) is 0 Å². The van der Waals surface area contributed by atoms with Crippen LogP contribution in [0.3, 0.4) is 0 Å². The van der Waals surface area contributed by atoms with E-state index in [0.29, 0.717) is 5.92 Å². The summed E-state index contributed by atoms with van der Waals surface area (Å²) in [5, 5.41) is 9.44. The SMILES string of the molecule is CC#CCCCC(O)C1CC1. The van der Waals surface area contributed by atoms with Gasteiger partial charge in [0.15, 0.2) is 0 Å². The largest absolute Gasteiger partial charge is 0.393 e. The lowest BCUT2D eigenvalue weighted by Gasteiger charge is -2.05. The van der Waals surface area contributed by atoms with Crippen molar-refractivity contribution in [2.45, 2.75) is 45.1 Å². The third kappa shape index (κ3) is 3.43. The molecule has 1 aliphatic rings. The van der Waals surface area contributed by atoms with Gasteiger partial charge >= 0.3 is 0 Å². The van der Waals surface area contributed by atoms with Crippen LogP contribution in [0.2, 0.25) is 0 Å². The molecule has 11 heavy (non-hydrogen) atoms. The zero-order valence-corrected chi connectivity index (χ0v) is 7.14. The Labute approximate surface area is 68.8 Å². The van der Waals surface area contributed by atoms with Crippen molar-refractivity contribution in [2.75, 3.05) is 0 Å². The third-order valence-corrected chi connectivity index (χ3v) is 2.14. The molecule has 0 aromatic heterocycles. The Hall–Kier alpha value is -0.480. The Balaban J connectivity index is 1.95. The molecule has 0 aliphatic heterocycles. The van der Waals surface area contributed by atoms with Gasteiger partial charge in [0.2, 0.25) is 0 Å². The summed E-state index contributed by atoms with van der Waals surface area (Å²) in [7, 11) is 0. The molecule has 1 unspecified atom stereocenters. The summed E-state index contributed by atoms with van der Waals surface area (Å²) in [5.74, 6) is 6.49. The second-order valence-corrected chi connectivity index (χ2v) is 3.22. The van der Waals surface area contributed by atoms with Crippen LogP contribution in [0.25, 0.3) is 0 Å². The van der Waals surface area contributed by atoms with Crippen LogP contribution >= 0.6 is 0 Å². The smallest absolute Gasteiger partial charge is 0.0568 e. The predicted molar refractivity (Wildman–Crippen MR) is 46.0 cm³/mol. The first-order chi connectivity index (χ1) is 5.34. The highest BCUT2D eigenvalue weighted by Gasteiger charge is 2.28. The number of aliphatic hydroxyl groups excluding tert-OH is 1. The van der Waals surface area contributed by atoms with Crippen molar-refractivity contribution in [3.63, 3.8) is 0 Å². The summed E-state index contributed by atoms with van der Waals surface area (Å²) in [5.41, 5.74) is 0. The van der Waals surface area contributed by atoms with Gasteiger partial charge in [0.1, 0.15) is 0 Å². The molecule has 0 spiro atoms. The van der Waals surface area contributed by atoms with Gasteiger partial charge in [-0.25, -0.2) is 0 Å². The molecule has 1 heteroatoms. The van der Waals surface area contributed by atoms with Crippen molar-refractivity contribution in [2.24, 2.45) is 5.92 Å². The molecule has 1 fully saturated rings. The second-order valence-electron chi connectivity index (χ2n) is 3.22. The Bertz CT molecular complexity index is 159. The molecule has 62 valence electrons. The molecule has 1 nitrogen and oxygen atoms in total. The van der Waals surface area contributed by atoms with Gasteiger partial charge in [-0.2, -0.15) is 0 Å². The molecule has 0 aromatic rings. The summed E-state index contributed by atoms with van der Waals surface area (Å²) in [6.07, 6.45) is 5.38. The fraction of sp³-hybridized carbons (Fsp3) is 0.800. The van der Waals surface area contributed by atoms with Gasteiger partial charge in [0.25, 0.3) is 0 Å². The second kappa shape index (κ2) is 4.41. The third-order valence-electron chi connectivity index (χ3n) is 2.14. The lowest BCUT2D eigenvalue weighted by atomic mass is 10.1. The summed E-state index contributed by atoms with van der Waals surface area (Å²) >= 11 is 0. The van der Waals surface area contributed by atoms with Gasteiger partial charge < -0.3 is 5.11 Å². The highest BCUT2D eigenvalue weighted by atomic mass is 16.3.